The molecule has 8 nitrogen and oxygen atoms in total. The van der Waals surface area contributed by atoms with Crippen LogP contribution in [0.25, 0.3) is 16.9 Å². The van der Waals surface area contributed by atoms with Gasteiger partial charge in [0.05, 0.1) is 25.1 Å². The van der Waals surface area contributed by atoms with Gasteiger partial charge >= 0.3 is 0 Å². The molecule has 2 aliphatic heterocycles. The van der Waals surface area contributed by atoms with Crippen LogP contribution in [-0.2, 0) is 9.53 Å². The molecule has 1 aromatic carbocycles. The van der Waals surface area contributed by atoms with Crippen molar-refractivity contribution in [1.82, 2.24) is 19.3 Å². The molecule has 0 saturated carbocycles. The third-order valence-electron chi connectivity index (χ3n) is 6.10. The first-order chi connectivity index (χ1) is 15.2. The average molecular weight is 424 g/mol. The van der Waals surface area contributed by atoms with Crippen molar-refractivity contribution in [3.63, 3.8) is 0 Å². The van der Waals surface area contributed by atoms with Crippen LogP contribution in [0.15, 0.2) is 42.9 Å². The van der Waals surface area contributed by atoms with Gasteiger partial charge in [-0.25, -0.2) is 9.97 Å². The lowest BCUT2D eigenvalue weighted by Gasteiger charge is -2.32. The summed E-state index contributed by atoms with van der Waals surface area (Å²) in [6.45, 7) is 7.84. The second-order valence-corrected chi connectivity index (χ2v) is 7.83. The van der Waals surface area contributed by atoms with Gasteiger partial charge in [0.2, 0.25) is 0 Å². The van der Waals surface area contributed by atoms with Crippen LogP contribution < -0.4 is 4.90 Å². The van der Waals surface area contributed by atoms with E-state index in [2.05, 4.69) is 50.4 Å². The number of hydrogen-bond acceptors (Lipinski definition) is 6. The Labute approximate surface area is 182 Å². The van der Waals surface area contributed by atoms with Crippen molar-refractivity contribution in [2.75, 3.05) is 44.3 Å². The number of nitrogens with zero attached hydrogens (tertiary/aromatic N) is 5. The van der Waals surface area contributed by atoms with E-state index in [1.165, 1.54) is 24.0 Å². The van der Waals surface area contributed by atoms with Gasteiger partial charge in [-0.3, -0.25) is 14.1 Å². The highest BCUT2D eigenvalue weighted by Crippen LogP contribution is 2.29. The summed E-state index contributed by atoms with van der Waals surface area (Å²) in [6, 6.07) is 9.33. The first kappa shape index (κ1) is 21.3. The minimum Gasteiger partial charge on any atom is -0.483 e. The van der Waals surface area contributed by atoms with E-state index in [-0.39, 0.29) is 6.47 Å². The number of hydrogen-bond donors (Lipinski definition) is 1. The Bertz CT molecular complexity index is 992. The monoisotopic (exact) mass is 423 g/mol. The summed E-state index contributed by atoms with van der Waals surface area (Å²) in [5.74, 6) is 1.00. The third-order valence-corrected chi connectivity index (χ3v) is 6.10. The molecule has 1 unspecified atom stereocenters. The molecule has 2 aliphatic rings. The van der Waals surface area contributed by atoms with Crippen molar-refractivity contribution in [3.05, 3.63) is 48.4 Å². The second-order valence-electron chi connectivity index (χ2n) is 7.83. The number of fused-ring (bicyclic) bond motifs is 1. The Morgan fingerprint density at radius 3 is 2.42 bits per heavy atom. The number of carbonyl (C=O) groups is 1. The molecule has 0 radical (unpaired) electrons. The number of imidazole rings is 1. The van der Waals surface area contributed by atoms with Crippen LogP contribution in [0.2, 0.25) is 0 Å². The minimum absolute atomic E-state index is 0.250. The van der Waals surface area contributed by atoms with E-state index in [0.717, 1.165) is 56.6 Å². The third kappa shape index (κ3) is 4.55. The SMILES string of the molecule is CC(c1ccc(-c2cnc3c(N4CCCC4)nccn23)cc1)N1CCOCC1.O=CO. The predicted octanol–water partition coefficient (Wildman–Crippen LogP) is 3.09. The molecule has 1 atom stereocenters. The average Bonchev–Trinajstić information content (AvgIpc) is 3.50. The van der Waals surface area contributed by atoms with Gasteiger partial charge in [-0.2, -0.15) is 0 Å². The quantitative estimate of drug-likeness (QED) is 0.646. The lowest BCUT2D eigenvalue weighted by molar-refractivity contribution is -0.122. The molecular weight excluding hydrogens is 394 g/mol. The van der Waals surface area contributed by atoms with Crippen LogP contribution in [0.3, 0.4) is 0 Å². The fourth-order valence-corrected chi connectivity index (χ4v) is 4.38. The fraction of sp³-hybridized carbons (Fsp3) is 0.435. The van der Waals surface area contributed by atoms with Crippen molar-refractivity contribution in [1.29, 1.82) is 0 Å². The molecule has 2 saturated heterocycles. The molecule has 8 heteroatoms. The number of aromatic nitrogens is 3. The summed E-state index contributed by atoms with van der Waals surface area (Å²) in [7, 11) is 0. The standard InChI is InChI=1S/C22H27N5O.CH2O2/c1-17(25-12-14-28-15-13-25)18-4-6-19(7-5-18)20-16-24-22-21(23-8-11-27(20)22)26-9-2-3-10-26;2-1-3/h4-8,11,16-17H,2-3,9-10,12-15H2,1H3;1H,(H,2,3). The lowest BCUT2D eigenvalue weighted by Crippen LogP contribution is -2.37. The molecule has 0 bridgehead atoms. The molecule has 2 aromatic heterocycles. The molecule has 164 valence electrons. The molecule has 31 heavy (non-hydrogen) atoms. The van der Waals surface area contributed by atoms with Gasteiger partial charge in [0.25, 0.3) is 6.47 Å². The van der Waals surface area contributed by atoms with E-state index in [0.29, 0.717) is 6.04 Å². The van der Waals surface area contributed by atoms with Crippen molar-refractivity contribution in [2.45, 2.75) is 25.8 Å². The summed E-state index contributed by atoms with van der Waals surface area (Å²) >= 11 is 0. The summed E-state index contributed by atoms with van der Waals surface area (Å²) in [6.07, 6.45) is 8.34. The van der Waals surface area contributed by atoms with Gasteiger partial charge in [0.15, 0.2) is 11.5 Å². The van der Waals surface area contributed by atoms with Gasteiger partial charge in [-0.05, 0) is 25.3 Å². The summed E-state index contributed by atoms with van der Waals surface area (Å²) < 4.78 is 7.65. The Morgan fingerprint density at radius 2 is 1.74 bits per heavy atom. The first-order valence-corrected chi connectivity index (χ1v) is 10.8. The number of anilines is 1. The zero-order chi connectivity index (χ0) is 21.6. The zero-order valence-electron chi connectivity index (χ0n) is 17.9. The second kappa shape index (κ2) is 9.89. The van der Waals surface area contributed by atoms with E-state index in [4.69, 9.17) is 19.6 Å². The molecular formula is C23H29N5O3. The van der Waals surface area contributed by atoms with Crippen molar-refractivity contribution in [2.24, 2.45) is 0 Å². The lowest BCUT2D eigenvalue weighted by atomic mass is 10.0. The Balaban J connectivity index is 0.000000730. The number of carboxylic acid groups (broad SMARTS) is 1. The maximum Gasteiger partial charge on any atom is 0.290 e. The molecule has 2 fully saturated rings. The van der Waals surface area contributed by atoms with Crippen LogP contribution in [0.1, 0.15) is 31.4 Å². The molecule has 1 N–H and O–H groups in total. The molecule has 0 aliphatic carbocycles. The fourth-order valence-electron chi connectivity index (χ4n) is 4.38. The van der Waals surface area contributed by atoms with Gasteiger partial charge in [-0.1, -0.05) is 24.3 Å². The first-order valence-electron chi connectivity index (χ1n) is 10.8. The van der Waals surface area contributed by atoms with Crippen molar-refractivity contribution < 1.29 is 14.6 Å². The predicted molar refractivity (Wildman–Crippen MR) is 119 cm³/mol. The van der Waals surface area contributed by atoms with Crippen LogP contribution >= 0.6 is 0 Å². The van der Waals surface area contributed by atoms with E-state index in [1.807, 2.05) is 18.6 Å². The van der Waals surface area contributed by atoms with Gasteiger partial charge < -0.3 is 14.7 Å². The number of benzene rings is 1. The smallest absolute Gasteiger partial charge is 0.290 e. The topological polar surface area (TPSA) is 83.2 Å². The number of rotatable bonds is 4. The van der Waals surface area contributed by atoms with E-state index in [9.17, 15) is 0 Å². The summed E-state index contributed by atoms with van der Waals surface area (Å²) in [5, 5.41) is 6.89. The molecule has 0 amide bonds. The van der Waals surface area contributed by atoms with Crippen LogP contribution in [0.5, 0.6) is 0 Å². The van der Waals surface area contributed by atoms with Crippen LogP contribution in [-0.4, -0.2) is 70.2 Å². The van der Waals surface area contributed by atoms with Crippen molar-refractivity contribution in [3.8, 4) is 11.3 Å². The molecule has 0 spiro atoms. The highest BCUT2D eigenvalue weighted by atomic mass is 16.5. The largest absolute Gasteiger partial charge is 0.483 e. The highest BCUT2D eigenvalue weighted by Gasteiger charge is 2.20. The molecule has 3 aromatic rings. The van der Waals surface area contributed by atoms with E-state index >= 15 is 0 Å². The van der Waals surface area contributed by atoms with E-state index in [1.54, 1.807) is 0 Å². The number of ether oxygens (including phenoxy) is 1. The van der Waals surface area contributed by atoms with Gasteiger partial charge in [0, 0.05) is 50.2 Å². The summed E-state index contributed by atoms with van der Waals surface area (Å²) in [4.78, 5) is 22.5. The zero-order valence-corrected chi connectivity index (χ0v) is 17.9. The minimum atomic E-state index is -0.250. The number of morpholine rings is 1. The molecule has 4 heterocycles. The maximum absolute atomic E-state index is 8.36. The van der Waals surface area contributed by atoms with Gasteiger partial charge in [-0.15, -0.1) is 0 Å². The van der Waals surface area contributed by atoms with Gasteiger partial charge in [0.1, 0.15) is 0 Å². The Hall–Kier alpha value is -2.97. The highest BCUT2D eigenvalue weighted by molar-refractivity contribution is 5.71. The normalized spacial score (nSPS) is 17.9. The van der Waals surface area contributed by atoms with Crippen molar-refractivity contribution >= 4 is 17.9 Å². The van der Waals surface area contributed by atoms with Crippen LogP contribution in [0.4, 0.5) is 5.82 Å². The molecule has 5 rings (SSSR count). The Kier molecular flexibility index (Phi) is 6.79. The van der Waals surface area contributed by atoms with E-state index < -0.39 is 0 Å². The Morgan fingerprint density at radius 1 is 1.06 bits per heavy atom. The van der Waals surface area contributed by atoms with Crippen LogP contribution in [0, 0.1) is 0 Å². The summed E-state index contributed by atoms with van der Waals surface area (Å²) in [5.41, 5.74) is 4.59. The maximum atomic E-state index is 8.36.